The molecular formula is C9H16O. The van der Waals surface area contributed by atoms with Crippen molar-refractivity contribution in [2.75, 3.05) is 13.7 Å². The van der Waals surface area contributed by atoms with Crippen LogP contribution in [0.5, 0.6) is 0 Å². The number of methoxy groups -OCH3 is 1. The Morgan fingerprint density at radius 1 is 1.20 bits per heavy atom. The van der Waals surface area contributed by atoms with Crippen molar-refractivity contribution in [3.63, 3.8) is 0 Å². The monoisotopic (exact) mass is 140 g/mol. The first-order valence-corrected chi connectivity index (χ1v) is 3.86. The highest BCUT2D eigenvalue weighted by Crippen LogP contribution is 1.90. The van der Waals surface area contributed by atoms with Gasteiger partial charge in [-0.1, -0.05) is 13.3 Å². The third kappa shape index (κ3) is 7.52. The minimum Gasteiger partial charge on any atom is -0.384 e. The second-order valence-electron chi connectivity index (χ2n) is 2.20. The van der Waals surface area contributed by atoms with Crippen molar-refractivity contribution in [3.05, 3.63) is 0 Å². The normalized spacial score (nSPS) is 8.60. The van der Waals surface area contributed by atoms with Gasteiger partial charge in [0.05, 0.1) is 6.61 Å². The highest BCUT2D eigenvalue weighted by molar-refractivity contribution is 4.98. The van der Waals surface area contributed by atoms with Crippen molar-refractivity contribution in [3.8, 4) is 11.8 Å². The van der Waals surface area contributed by atoms with Gasteiger partial charge >= 0.3 is 0 Å². The number of ether oxygens (including phenoxy) is 1. The number of hydrogen-bond acceptors (Lipinski definition) is 1. The second-order valence-corrected chi connectivity index (χ2v) is 2.20. The molecule has 0 N–H and O–H groups in total. The highest BCUT2D eigenvalue weighted by Gasteiger charge is 1.77. The van der Waals surface area contributed by atoms with Crippen molar-refractivity contribution in [2.24, 2.45) is 0 Å². The largest absolute Gasteiger partial charge is 0.384 e. The third-order valence-electron chi connectivity index (χ3n) is 1.21. The summed E-state index contributed by atoms with van der Waals surface area (Å²) in [5, 5.41) is 0. The second kappa shape index (κ2) is 8.52. The molecule has 1 heteroatoms. The van der Waals surface area contributed by atoms with Crippen molar-refractivity contribution >= 4 is 0 Å². The highest BCUT2D eigenvalue weighted by atomic mass is 16.5. The van der Waals surface area contributed by atoms with E-state index in [1.54, 1.807) is 7.11 Å². The van der Waals surface area contributed by atoms with Gasteiger partial charge in [0.25, 0.3) is 0 Å². The fraction of sp³-hybridized carbons (Fsp3) is 0.778. The minimum absolute atomic E-state index is 0.763. The Morgan fingerprint density at radius 3 is 2.50 bits per heavy atom. The van der Waals surface area contributed by atoms with Crippen LogP contribution >= 0.6 is 0 Å². The van der Waals surface area contributed by atoms with E-state index in [1.807, 2.05) is 0 Å². The molecule has 0 saturated heterocycles. The summed E-state index contributed by atoms with van der Waals surface area (Å²) in [6, 6.07) is 0. The number of hydrogen-bond donors (Lipinski definition) is 0. The van der Waals surface area contributed by atoms with Crippen molar-refractivity contribution < 1.29 is 4.74 Å². The van der Waals surface area contributed by atoms with Crippen LogP contribution in [0.25, 0.3) is 0 Å². The summed E-state index contributed by atoms with van der Waals surface area (Å²) in [4.78, 5) is 0. The SMILES string of the molecule is CCCCC#CCCOC. The van der Waals surface area contributed by atoms with E-state index in [0.29, 0.717) is 0 Å². The molecule has 0 heterocycles. The van der Waals surface area contributed by atoms with Gasteiger partial charge in [0, 0.05) is 20.0 Å². The summed E-state index contributed by atoms with van der Waals surface area (Å²) in [7, 11) is 1.70. The standard InChI is InChI=1S/C9H16O/c1-3-4-5-6-7-8-9-10-2/h3-5,8-9H2,1-2H3. The lowest BCUT2D eigenvalue weighted by atomic mass is 10.2. The van der Waals surface area contributed by atoms with Crippen LogP contribution in [-0.2, 0) is 4.74 Å². The van der Waals surface area contributed by atoms with Crippen molar-refractivity contribution in [2.45, 2.75) is 32.6 Å². The number of rotatable bonds is 4. The zero-order valence-electron chi connectivity index (χ0n) is 6.94. The van der Waals surface area contributed by atoms with E-state index in [-0.39, 0.29) is 0 Å². The van der Waals surface area contributed by atoms with E-state index in [1.165, 1.54) is 12.8 Å². The fourth-order valence-electron chi connectivity index (χ4n) is 0.595. The first-order chi connectivity index (χ1) is 4.91. The predicted molar refractivity (Wildman–Crippen MR) is 43.8 cm³/mol. The fourth-order valence-corrected chi connectivity index (χ4v) is 0.595. The summed E-state index contributed by atoms with van der Waals surface area (Å²) in [6.07, 6.45) is 4.37. The molecule has 0 aliphatic rings. The predicted octanol–water partition coefficient (Wildman–Crippen LogP) is 2.22. The molecule has 0 spiro atoms. The van der Waals surface area contributed by atoms with Gasteiger partial charge in [-0.25, -0.2) is 0 Å². The first kappa shape index (κ1) is 9.52. The zero-order valence-corrected chi connectivity index (χ0v) is 6.94. The molecular weight excluding hydrogens is 124 g/mol. The van der Waals surface area contributed by atoms with Crippen molar-refractivity contribution in [1.82, 2.24) is 0 Å². The molecule has 0 aromatic rings. The van der Waals surface area contributed by atoms with Crippen LogP contribution in [0.3, 0.4) is 0 Å². The maximum Gasteiger partial charge on any atom is 0.0571 e. The van der Waals surface area contributed by atoms with Gasteiger partial charge in [0.15, 0.2) is 0 Å². The molecule has 0 aromatic carbocycles. The molecule has 0 atom stereocenters. The van der Waals surface area contributed by atoms with E-state index < -0.39 is 0 Å². The zero-order chi connectivity index (χ0) is 7.66. The molecule has 0 aromatic heterocycles. The third-order valence-corrected chi connectivity index (χ3v) is 1.21. The lowest BCUT2D eigenvalue weighted by Gasteiger charge is -1.87. The Morgan fingerprint density at radius 2 is 1.90 bits per heavy atom. The average molecular weight is 140 g/mol. The van der Waals surface area contributed by atoms with Crippen LogP contribution < -0.4 is 0 Å². The quantitative estimate of drug-likeness (QED) is 0.430. The van der Waals surface area contributed by atoms with E-state index in [9.17, 15) is 0 Å². The lowest BCUT2D eigenvalue weighted by Crippen LogP contribution is -1.83. The Bertz CT molecular complexity index is 95.6. The van der Waals surface area contributed by atoms with Gasteiger partial charge in [-0.3, -0.25) is 0 Å². The average Bonchev–Trinajstić information content (AvgIpc) is 1.97. The Kier molecular flexibility index (Phi) is 8.11. The summed E-state index contributed by atoms with van der Waals surface area (Å²) in [6.45, 7) is 2.94. The maximum absolute atomic E-state index is 4.85. The Labute approximate surface area is 63.8 Å². The summed E-state index contributed by atoms with van der Waals surface area (Å²) < 4.78 is 4.85. The molecule has 0 bridgehead atoms. The lowest BCUT2D eigenvalue weighted by molar-refractivity contribution is 0.206. The van der Waals surface area contributed by atoms with Crippen LogP contribution in [0.1, 0.15) is 32.6 Å². The smallest absolute Gasteiger partial charge is 0.0571 e. The van der Waals surface area contributed by atoms with Gasteiger partial charge in [0.2, 0.25) is 0 Å². The molecule has 58 valence electrons. The topological polar surface area (TPSA) is 9.23 Å². The van der Waals surface area contributed by atoms with Crippen LogP contribution in [0, 0.1) is 11.8 Å². The molecule has 0 amide bonds. The maximum atomic E-state index is 4.85. The number of unbranched alkanes of at least 4 members (excludes halogenated alkanes) is 2. The molecule has 0 aliphatic carbocycles. The van der Waals surface area contributed by atoms with Crippen LogP contribution in [-0.4, -0.2) is 13.7 Å². The molecule has 0 unspecified atom stereocenters. The van der Waals surface area contributed by atoms with Gasteiger partial charge in [-0.05, 0) is 6.42 Å². The Hall–Kier alpha value is -0.480. The van der Waals surface area contributed by atoms with Crippen LogP contribution in [0.4, 0.5) is 0 Å². The van der Waals surface area contributed by atoms with E-state index >= 15 is 0 Å². The molecule has 0 fully saturated rings. The van der Waals surface area contributed by atoms with Gasteiger partial charge < -0.3 is 4.74 Å². The van der Waals surface area contributed by atoms with Crippen LogP contribution in [0.2, 0.25) is 0 Å². The molecule has 1 nitrogen and oxygen atoms in total. The Balaban J connectivity index is 2.98. The molecule has 0 rings (SSSR count). The molecule has 0 aliphatic heterocycles. The van der Waals surface area contributed by atoms with E-state index in [4.69, 9.17) is 4.74 Å². The van der Waals surface area contributed by atoms with Gasteiger partial charge in [-0.15, -0.1) is 11.8 Å². The van der Waals surface area contributed by atoms with Crippen LogP contribution in [0.15, 0.2) is 0 Å². The first-order valence-electron chi connectivity index (χ1n) is 3.86. The van der Waals surface area contributed by atoms with E-state index in [2.05, 4.69) is 18.8 Å². The summed E-state index contributed by atoms with van der Waals surface area (Å²) in [5.74, 6) is 6.14. The van der Waals surface area contributed by atoms with Gasteiger partial charge in [-0.2, -0.15) is 0 Å². The van der Waals surface area contributed by atoms with Crippen molar-refractivity contribution in [1.29, 1.82) is 0 Å². The molecule has 10 heavy (non-hydrogen) atoms. The van der Waals surface area contributed by atoms with Gasteiger partial charge in [0.1, 0.15) is 0 Å². The molecule has 0 radical (unpaired) electrons. The minimum atomic E-state index is 0.763. The molecule has 0 saturated carbocycles. The van der Waals surface area contributed by atoms with E-state index in [0.717, 1.165) is 19.4 Å². The summed E-state index contributed by atoms with van der Waals surface area (Å²) in [5.41, 5.74) is 0. The summed E-state index contributed by atoms with van der Waals surface area (Å²) >= 11 is 0.